The van der Waals surface area contributed by atoms with Crippen molar-refractivity contribution in [3.05, 3.63) is 48.7 Å². The largest absolute Gasteiger partial charge is 0.457 e. The van der Waals surface area contributed by atoms with Crippen LogP contribution in [-0.4, -0.2) is 28.4 Å². The zero-order valence-electron chi connectivity index (χ0n) is 15.1. The smallest absolute Gasteiger partial charge is 0.321 e. The Hall–Kier alpha value is -2.60. The first-order chi connectivity index (χ1) is 12.7. The molecule has 0 saturated heterocycles. The van der Waals surface area contributed by atoms with Gasteiger partial charge in [0, 0.05) is 30.4 Å². The van der Waals surface area contributed by atoms with Crippen LogP contribution in [0.15, 0.2) is 48.7 Å². The van der Waals surface area contributed by atoms with E-state index in [1.165, 1.54) is 11.5 Å². The Morgan fingerprint density at radius 1 is 1.08 bits per heavy atom. The number of rotatable bonds is 7. The van der Waals surface area contributed by atoms with E-state index in [0.717, 1.165) is 53.2 Å². The number of ether oxygens (including phenoxy) is 1. The Balaban J connectivity index is 1.63. The molecule has 0 atom stereocenters. The number of carbonyl (C=O) groups excluding carboxylic acids is 1. The average Bonchev–Trinajstić information content (AvgIpc) is 3.11. The normalized spacial score (nSPS) is 10.7. The molecule has 1 N–H and O–H groups in total. The van der Waals surface area contributed by atoms with Gasteiger partial charge in [-0.2, -0.15) is 4.37 Å². The zero-order valence-corrected chi connectivity index (χ0v) is 15.9. The first-order valence-electron chi connectivity index (χ1n) is 8.88. The Bertz CT molecular complexity index is 855. The van der Waals surface area contributed by atoms with Crippen LogP contribution in [0.3, 0.4) is 0 Å². The first-order valence-corrected chi connectivity index (χ1v) is 9.65. The molecular weight excluding hydrogens is 346 g/mol. The number of benzene rings is 2. The molecule has 0 spiro atoms. The summed E-state index contributed by atoms with van der Waals surface area (Å²) in [4.78, 5) is 14.2. The lowest BCUT2D eigenvalue weighted by Crippen LogP contribution is -2.36. The molecule has 0 bridgehead atoms. The molecule has 5 nitrogen and oxygen atoms in total. The molecule has 0 radical (unpaired) electrons. The van der Waals surface area contributed by atoms with Gasteiger partial charge in [-0.15, -0.1) is 0 Å². The van der Waals surface area contributed by atoms with Gasteiger partial charge >= 0.3 is 6.03 Å². The molecule has 6 heteroatoms. The second kappa shape index (κ2) is 8.67. The Kier molecular flexibility index (Phi) is 6.07. The highest BCUT2D eigenvalue weighted by Gasteiger charge is 2.11. The summed E-state index contributed by atoms with van der Waals surface area (Å²) in [5.74, 6) is 1.50. The topological polar surface area (TPSA) is 54.5 Å². The van der Waals surface area contributed by atoms with Crippen molar-refractivity contribution in [2.24, 2.45) is 0 Å². The Labute approximate surface area is 157 Å². The minimum atomic E-state index is -0.0576. The fourth-order valence-electron chi connectivity index (χ4n) is 2.71. The van der Waals surface area contributed by atoms with Crippen molar-refractivity contribution in [2.75, 3.05) is 18.4 Å². The van der Waals surface area contributed by atoms with E-state index >= 15 is 0 Å². The first kappa shape index (κ1) is 18.2. The van der Waals surface area contributed by atoms with E-state index in [1.807, 2.05) is 53.6 Å². The second-order valence-corrected chi connectivity index (χ2v) is 6.90. The van der Waals surface area contributed by atoms with E-state index in [0.29, 0.717) is 0 Å². The van der Waals surface area contributed by atoms with Crippen LogP contribution in [0, 0.1) is 0 Å². The number of hydrogen-bond donors (Lipinski definition) is 1. The van der Waals surface area contributed by atoms with E-state index in [-0.39, 0.29) is 6.03 Å². The summed E-state index contributed by atoms with van der Waals surface area (Å²) in [5.41, 5.74) is 0.761. The summed E-state index contributed by atoms with van der Waals surface area (Å²) >= 11 is 1.47. The lowest BCUT2D eigenvalue weighted by Gasteiger charge is -2.21. The highest BCUT2D eigenvalue weighted by atomic mass is 32.1. The quantitative estimate of drug-likeness (QED) is 0.577. The van der Waals surface area contributed by atoms with Gasteiger partial charge in [-0.1, -0.05) is 13.8 Å². The molecule has 0 aliphatic heterocycles. The van der Waals surface area contributed by atoms with Crippen LogP contribution < -0.4 is 10.1 Å². The molecule has 1 heterocycles. The van der Waals surface area contributed by atoms with Crippen molar-refractivity contribution < 1.29 is 9.53 Å². The number of aromatic nitrogens is 1. The van der Waals surface area contributed by atoms with Gasteiger partial charge in [-0.05, 0) is 66.8 Å². The molecule has 3 rings (SSSR count). The number of amides is 2. The van der Waals surface area contributed by atoms with Crippen LogP contribution in [0.1, 0.15) is 26.7 Å². The summed E-state index contributed by atoms with van der Waals surface area (Å²) in [6, 6.07) is 13.3. The van der Waals surface area contributed by atoms with Crippen molar-refractivity contribution in [2.45, 2.75) is 26.7 Å². The Morgan fingerprint density at radius 2 is 1.77 bits per heavy atom. The lowest BCUT2D eigenvalue weighted by molar-refractivity contribution is 0.211. The van der Waals surface area contributed by atoms with Gasteiger partial charge in [0.25, 0.3) is 0 Å². The number of nitrogens with zero attached hydrogens (tertiary/aromatic N) is 2. The zero-order chi connectivity index (χ0) is 18.4. The summed E-state index contributed by atoms with van der Waals surface area (Å²) < 4.78 is 11.2. The molecule has 0 aliphatic rings. The standard InChI is InChI=1S/C20H23N3O2S/c1-3-11-23(12-4-2)20(24)22-16-5-7-17(8-6-16)25-18-9-10-19-15(13-18)14-21-26-19/h5-10,13-14H,3-4,11-12H2,1-2H3,(H,22,24). The lowest BCUT2D eigenvalue weighted by atomic mass is 10.2. The summed E-state index contributed by atoms with van der Waals surface area (Å²) in [6.07, 6.45) is 3.73. The molecule has 3 aromatic rings. The maximum absolute atomic E-state index is 12.3. The SMILES string of the molecule is CCCN(CCC)C(=O)Nc1ccc(Oc2ccc3sncc3c2)cc1. The van der Waals surface area contributed by atoms with Crippen molar-refractivity contribution >= 4 is 33.3 Å². The van der Waals surface area contributed by atoms with Gasteiger partial charge in [-0.3, -0.25) is 0 Å². The predicted molar refractivity (Wildman–Crippen MR) is 107 cm³/mol. The molecule has 0 unspecified atom stereocenters. The van der Waals surface area contributed by atoms with Crippen molar-refractivity contribution in [1.29, 1.82) is 0 Å². The third-order valence-corrected chi connectivity index (χ3v) is 4.72. The molecule has 2 aromatic carbocycles. The number of urea groups is 1. The summed E-state index contributed by atoms with van der Waals surface area (Å²) in [5, 5.41) is 4.02. The molecule has 0 aliphatic carbocycles. The maximum atomic E-state index is 12.3. The number of nitrogens with one attached hydrogen (secondary N) is 1. The Morgan fingerprint density at radius 3 is 2.46 bits per heavy atom. The molecule has 136 valence electrons. The highest BCUT2D eigenvalue weighted by molar-refractivity contribution is 7.13. The number of anilines is 1. The minimum Gasteiger partial charge on any atom is -0.457 e. The van der Waals surface area contributed by atoms with Gasteiger partial charge in [-0.25, -0.2) is 4.79 Å². The van der Waals surface area contributed by atoms with Crippen LogP contribution in [0.25, 0.3) is 10.1 Å². The van der Waals surface area contributed by atoms with Crippen LogP contribution in [0.2, 0.25) is 0 Å². The van der Waals surface area contributed by atoms with Crippen LogP contribution in [0.4, 0.5) is 10.5 Å². The molecule has 0 saturated carbocycles. The fourth-order valence-corrected chi connectivity index (χ4v) is 3.34. The van der Waals surface area contributed by atoms with E-state index in [4.69, 9.17) is 4.74 Å². The van der Waals surface area contributed by atoms with Gasteiger partial charge < -0.3 is 15.0 Å². The molecule has 2 amide bonds. The fraction of sp³-hybridized carbons (Fsp3) is 0.300. The predicted octanol–water partition coefficient (Wildman–Crippen LogP) is 5.74. The van der Waals surface area contributed by atoms with Crippen molar-refractivity contribution in [3.63, 3.8) is 0 Å². The third kappa shape index (κ3) is 4.52. The number of carbonyl (C=O) groups is 1. The van der Waals surface area contributed by atoms with Crippen molar-refractivity contribution in [3.8, 4) is 11.5 Å². The summed E-state index contributed by atoms with van der Waals surface area (Å²) in [7, 11) is 0. The average molecular weight is 369 g/mol. The molecular formula is C20H23N3O2S. The van der Waals surface area contributed by atoms with Crippen LogP contribution in [0.5, 0.6) is 11.5 Å². The van der Waals surface area contributed by atoms with E-state index in [1.54, 1.807) is 0 Å². The maximum Gasteiger partial charge on any atom is 0.321 e. The van der Waals surface area contributed by atoms with E-state index in [2.05, 4.69) is 23.5 Å². The van der Waals surface area contributed by atoms with Gasteiger partial charge in [0.15, 0.2) is 0 Å². The third-order valence-electron chi connectivity index (χ3n) is 3.94. The highest BCUT2D eigenvalue weighted by Crippen LogP contribution is 2.28. The number of fused-ring (bicyclic) bond motifs is 1. The van der Waals surface area contributed by atoms with E-state index in [9.17, 15) is 4.79 Å². The number of hydrogen-bond acceptors (Lipinski definition) is 4. The van der Waals surface area contributed by atoms with E-state index < -0.39 is 0 Å². The minimum absolute atomic E-state index is 0.0576. The van der Waals surface area contributed by atoms with Crippen molar-refractivity contribution in [1.82, 2.24) is 9.27 Å². The monoisotopic (exact) mass is 369 g/mol. The van der Waals surface area contributed by atoms with Crippen LogP contribution >= 0.6 is 11.5 Å². The summed E-state index contributed by atoms with van der Waals surface area (Å²) in [6.45, 7) is 5.68. The molecule has 26 heavy (non-hydrogen) atoms. The molecule has 1 aromatic heterocycles. The van der Waals surface area contributed by atoms with Crippen LogP contribution in [-0.2, 0) is 0 Å². The second-order valence-electron chi connectivity index (χ2n) is 6.07. The van der Waals surface area contributed by atoms with Gasteiger partial charge in [0.1, 0.15) is 11.5 Å². The van der Waals surface area contributed by atoms with Gasteiger partial charge in [0.2, 0.25) is 0 Å². The molecule has 0 fully saturated rings. The van der Waals surface area contributed by atoms with Gasteiger partial charge in [0.05, 0.1) is 4.70 Å².